The van der Waals surface area contributed by atoms with Crippen LogP contribution in [0.25, 0.3) is 0 Å². The van der Waals surface area contributed by atoms with Crippen molar-refractivity contribution in [3.8, 4) is 5.75 Å². The lowest BCUT2D eigenvalue weighted by Gasteiger charge is -2.19. The maximum atomic E-state index is 6.06. The third kappa shape index (κ3) is 8.61. The Hall–Kier alpha value is -2.54. The van der Waals surface area contributed by atoms with Crippen molar-refractivity contribution in [2.45, 2.75) is 54.1 Å². The average Bonchev–Trinajstić information content (AvgIpc) is 3.10. The average molecular weight is 429 g/mol. The number of aryl methyl sites for hydroxylation is 3. The minimum Gasteiger partial charge on any atom is -0.492 e. The number of aromatic nitrogens is 2. The molecule has 0 saturated heterocycles. The van der Waals surface area contributed by atoms with E-state index in [9.17, 15) is 0 Å². The molecule has 0 bridgehead atoms. The van der Waals surface area contributed by atoms with E-state index < -0.39 is 0 Å². The fourth-order valence-electron chi connectivity index (χ4n) is 3.44. The van der Waals surface area contributed by atoms with Crippen molar-refractivity contribution in [2.24, 2.45) is 4.99 Å². The van der Waals surface area contributed by atoms with Crippen LogP contribution in [-0.4, -0.2) is 60.0 Å². The van der Waals surface area contributed by atoms with Gasteiger partial charge in [0.15, 0.2) is 5.96 Å². The predicted octanol–water partition coefficient (Wildman–Crippen LogP) is 3.37. The molecule has 7 heteroatoms. The van der Waals surface area contributed by atoms with Gasteiger partial charge in [0, 0.05) is 37.4 Å². The second-order valence-corrected chi connectivity index (χ2v) is 7.61. The second-order valence-electron chi connectivity index (χ2n) is 7.61. The Bertz CT molecular complexity index is 797. The molecular formula is C24H40N6O. The number of hydrogen-bond donors (Lipinski definition) is 2. The van der Waals surface area contributed by atoms with E-state index >= 15 is 0 Å². The number of ether oxygens (including phenoxy) is 1. The molecule has 0 aliphatic heterocycles. The standard InChI is InChI=1S/C24H40N6O/c1-6-25-24(26-14-11-15-30-21(5)18-20(4)28-30)27-19-22-12-9-10-13-23(22)31-17-16-29(7-2)8-3/h9-10,12-13,18H,6-8,11,14-17,19H2,1-5H3,(H2,25,26,27). The van der Waals surface area contributed by atoms with Gasteiger partial charge in [-0.2, -0.15) is 5.10 Å². The van der Waals surface area contributed by atoms with Crippen molar-refractivity contribution in [2.75, 3.05) is 39.3 Å². The molecule has 0 atom stereocenters. The third-order valence-corrected chi connectivity index (χ3v) is 5.23. The van der Waals surface area contributed by atoms with Crippen LogP contribution in [-0.2, 0) is 13.1 Å². The Morgan fingerprint density at radius 2 is 1.90 bits per heavy atom. The topological polar surface area (TPSA) is 66.7 Å². The van der Waals surface area contributed by atoms with Crippen LogP contribution in [0.5, 0.6) is 5.75 Å². The van der Waals surface area contributed by atoms with Gasteiger partial charge >= 0.3 is 0 Å². The molecule has 1 aromatic heterocycles. The van der Waals surface area contributed by atoms with Gasteiger partial charge in [0.1, 0.15) is 12.4 Å². The Kier molecular flexibility index (Phi) is 10.9. The lowest BCUT2D eigenvalue weighted by molar-refractivity contribution is 0.221. The van der Waals surface area contributed by atoms with Crippen molar-refractivity contribution in [1.82, 2.24) is 25.3 Å². The first-order chi connectivity index (χ1) is 15.1. The lowest BCUT2D eigenvalue weighted by atomic mass is 10.2. The highest BCUT2D eigenvalue weighted by Crippen LogP contribution is 2.18. The van der Waals surface area contributed by atoms with Crippen LogP contribution in [0.3, 0.4) is 0 Å². The largest absolute Gasteiger partial charge is 0.492 e. The normalized spacial score (nSPS) is 11.7. The number of aliphatic imine (C=N–C) groups is 1. The van der Waals surface area contributed by atoms with Crippen molar-refractivity contribution in [1.29, 1.82) is 0 Å². The molecule has 0 radical (unpaired) electrons. The molecule has 2 aromatic rings. The molecule has 0 unspecified atom stereocenters. The minimum absolute atomic E-state index is 0.578. The lowest BCUT2D eigenvalue weighted by Crippen LogP contribution is -2.38. The molecule has 0 spiro atoms. The number of benzene rings is 1. The van der Waals surface area contributed by atoms with Gasteiger partial charge in [0.05, 0.1) is 12.2 Å². The van der Waals surface area contributed by atoms with Crippen LogP contribution in [0.4, 0.5) is 0 Å². The zero-order valence-electron chi connectivity index (χ0n) is 19.9. The van der Waals surface area contributed by atoms with E-state index in [1.165, 1.54) is 5.69 Å². The molecule has 172 valence electrons. The van der Waals surface area contributed by atoms with Crippen LogP contribution in [0.2, 0.25) is 0 Å². The molecule has 2 N–H and O–H groups in total. The second kappa shape index (κ2) is 13.7. The first kappa shape index (κ1) is 24.7. The predicted molar refractivity (Wildman–Crippen MR) is 129 cm³/mol. The molecule has 1 heterocycles. The van der Waals surface area contributed by atoms with Gasteiger partial charge in [-0.05, 0) is 52.4 Å². The molecule has 7 nitrogen and oxygen atoms in total. The molecule has 0 aliphatic carbocycles. The Morgan fingerprint density at radius 1 is 1.13 bits per heavy atom. The van der Waals surface area contributed by atoms with Crippen LogP contribution in [0.1, 0.15) is 44.1 Å². The summed E-state index contributed by atoms with van der Waals surface area (Å²) in [6.45, 7) is 17.4. The summed E-state index contributed by atoms with van der Waals surface area (Å²) in [4.78, 5) is 7.13. The highest BCUT2D eigenvalue weighted by Gasteiger charge is 2.06. The van der Waals surface area contributed by atoms with E-state index in [-0.39, 0.29) is 0 Å². The monoisotopic (exact) mass is 428 g/mol. The molecule has 0 saturated carbocycles. The summed E-state index contributed by atoms with van der Waals surface area (Å²) >= 11 is 0. The molecule has 0 fully saturated rings. The highest BCUT2D eigenvalue weighted by molar-refractivity contribution is 5.79. The SMILES string of the molecule is CCNC(=NCc1ccccc1OCCN(CC)CC)NCCCn1nc(C)cc1C. The van der Waals surface area contributed by atoms with Crippen molar-refractivity contribution >= 4 is 5.96 Å². The van der Waals surface area contributed by atoms with Crippen molar-refractivity contribution in [3.63, 3.8) is 0 Å². The van der Waals surface area contributed by atoms with Crippen molar-refractivity contribution < 1.29 is 4.74 Å². The van der Waals surface area contributed by atoms with Gasteiger partial charge < -0.3 is 20.3 Å². The summed E-state index contributed by atoms with van der Waals surface area (Å²) in [7, 11) is 0. The molecule has 31 heavy (non-hydrogen) atoms. The summed E-state index contributed by atoms with van der Waals surface area (Å²) in [5, 5.41) is 11.3. The Morgan fingerprint density at radius 3 is 2.58 bits per heavy atom. The number of likely N-dealkylation sites (N-methyl/N-ethyl adjacent to an activating group) is 1. The van der Waals surface area contributed by atoms with Gasteiger partial charge in [0.25, 0.3) is 0 Å². The fraction of sp³-hybridized carbons (Fsp3) is 0.583. The number of rotatable bonds is 13. The molecular weight excluding hydrogens is 388 g/mol. The molecule has 1 aromatic carbocycles. The summed E-state index contributed by atoms with van der Waals surface area (Å²) in [5.74, 6) is 1.74. The molecule has 0 amide bonds. The smallest absolute Gasteiger partial charge is 0.191 e. The van der Waals surface area contributed by atoms with Crippen molar-refractivity contribution in [3.05, 3.63) is 47.3 Å². The molecule has 2 rings (SSSR count). The summed E-state index contributed by atoms with van der Waals surface area (Å²) in [6.07, 6.45) is 0.984. The fourth-order valence-corrected chi connectivity index (χ4v) is 3.44. The van der Waals surface area contributed by atoms with E-state index in [1.54, 1.807) is 0 Å². The van der Waals surface area contributed by atoms with Gasteiger partial charge in [-0.15, -0.1) is 0 Å². The number of para-hydroxylation sites is 1. The van der Waals surface area contributed by atoms with Gasteiger partial charge in [0.2, 0.25) is 0 Å². The van der Waals surface area contributed by atoms with Gasteiger partial charge in [-0.25, -0.2) is 4.99 Å². The number of guanidine groups is 1. The highest BCUT2D eigenvalue weighted by atomic mass is 16.5. The number of nitrogens with zero attached hydrogens (tertiary/aromatic N) is 4. The van der Waals surface area contributed by atoms with E-state index in [2.05, 4.69) is 65.1 Å². The zero-order valence-corrected chi connectivity index (χ0v) is 19.9. The third-order valence-electron chi connectivity index (χ3n) is 5.23. The van der Waals surface area contributed by atoms with E-state index in [0.29, 0.717) is 13.2 Å². The van der Waals surface area contributed by atoms with Gasteiger partial charge in [-0.3, -0.25) is 4.68 Å². The van der Waals surface area contributed by atoms with E-state index in [4.69, 9.17) is 9.73 Å². The quantitative estimate of drug-likeness (QED) is 0.291. The summed E-state index contributed by atoms with van der Waals surface area (Å²) in [5.41, 5.74) is 3.37. The Balaban J connectivity index is 1.87. The van der Waals surface area contributed by atoms with Crippen LogP contribution in [0, 0.1) is 13.8 Å². The first-order valence-corrected chi connectivity index (χ1v) is 11.5. The number of hydrogen-bond acceptors (Lipinski definition) is 4. The van der Waals surface area contributed by atoms with E-state index in [0.717, 1.165) is 68.7 Å². The first-order valence-electron chi connectivity index (χ1n) is 11.5. The molecule has 0 aliphatic rings. The summed E-state index contributed by atoms with van der Waals surface area (Å²) in [6, 6.07) is 10.3. The minimum atomic E-state index is 0.578. The van der Waals surface area contributed by atoms with E-state index in [1.807, 2.05) is 25.1 Å². The number of nitrogens with one attached hydrogen (secondary N) is 2. The van der Waals surface area contributed by atoms with Crippen LogP contribution < -0.4 is 15.4 Å². The van der Waals surface area contributed by atoms with Crippen LogP contribution in [0.15, 0.2) is 35.3 Å². The maximum Gasteiger partial charge on any atom is 0.191 e. The zero-order chi connectivity index (χ0) is 22.5. The maximum absolute atomic E-state index is 6.06. The summed E-state index contributed by atoms with van der Waals surface area (Å²) < 4.78 is 8.13. The Labute approximate surface area is 187 Å². The van der Waals surface area contributed by atoms with Crippen LogP contribution >= 0.6 is 0 Å². The van der Waals surface area contributed by atoms with Gasteiger partial charge in [-0.1, -0.05) is 32.0 Å².